The van der Waals surface area contributed by atoms with Crippen molar-refractivity contribution in [3.63, 3.8) is 0 Å². The summed E-state index contributed by atoms with van der Waals surface area (Å²) in [6.07, 6.45) is 1.40. The molecule has 0 spiro atoms. The van der Waals surface area contributed by atoms with Gasteiger partial charge in [-0.05, 0) is 36.4 Å². The molecule has 3 N–H and O–H groups in total. The molecule has 1 aliphatic heterocycles. The largest absolute Gasteiger partial charge is 0.379 e. The number of hydrogen-bond acceptors (Lipinski definition) is 7. The van der Waals surface area contributed by atoms with Gasteiger partial charge in [0.15, 0.2) is 0 Å². The van der Waals surface area contributed by atoms with Crippen LogP contribution >= 0.6 is 11.6 Å². The molecule has 1 amide bonds. The molecular formula is C24H24ClFN6O2. The molecule has 1 fully saturated rings. The lowest BCUT2D eigenvalue weighted by Gasteiger charge is -2.26. The zero-order valence-electron chi connectivity index (χ0n) is 18.4. The summed E-state index contributed by atoms with van der Waals surface area (Å²) < 4.78 is 18.7. The van der Waals surface area contributed by atoms with E-state index in [0.29, 0.717) is 48.3 Å². The molecule has 176 valence electrons. The Hall–Kier alpha value is -3.53. The third-order valence-electron chi connectivity index (χ3n) is 5.09. The van der Waals surface area contributed by atoms with E-state index in [2.05, 4.69) is 37.4 Å². The highest BCUT2D eigenvalue weighted by atomic mass is 35.5. The molecule has 8 nitrogen and oxygen atoms in total. The van der Waals surface area contributed by atoms with Gasteiger partial charge in [-0.2, -0.15) is 0 Å². The summed E-state index contributed by atoms with van der Waals surface area (Å²) in [5.41, 5.74) is 2.45. The molecule has 1 saturated heterocycles. The monoisotopic (exact) mass is 482 g/mol. The third kappa shape index (κ3) is 6.50. The van der Waals surface area contributed by atoms with Crippen LogP contribution in [0.5, 0.6) is 0 Å². The van der Waals surface area contributed by atoms with Crippen molar-refractivity contribution in [1.29, 1.82) is 0 Å². The van der Waals surface area contributed by atoms with Gasteiger partial charge in [-0.1, -0.05) is 24.2 Å². The molecule has 3 aromatic rings. The first-order valence-electron chi connectivity index (χ1n) is 10.7. The highest BCUT2D eigenvalue weighted by Crippen LogP contribution is 2.24. The zero-order valence-corrected chi connectivity index (χ0v) is 19.1. The second kappa shape index (κ2) is 11.1. The minimum absolute atomic E-state index is 0.0175. The van der Waals surface area contributed by atoms with E-state index in [0.717, 1.165) is 18.8 Å². The number of rotatable bonds is 8. The number of anilines is 5. The quantitative estimate of drug-likeness (QED) is 0.405. The summed E-state index contributed by atoms with van der Waals surface area (Å²) in [7, 11) is 0. The number of hydrogen-bond donors (Lipinski definition) is 3. The molecule has 2 heterocycles. The van der Waals surface area contributed by atoms with E-state index < -0.39 is 5.82 Å². The van der Waals surface area contributed by atoms with Crippen LogP contribution in [0.25, 0.3) is 0 Å². The van der Waals surface area contributed by atoms with Gasteiger partial charge in [0.25, 0.3) is 5.91 Å². The fourth-order valence-electron chi connectivity index (χ4n) is 3.36. The zero-order chi connectivity index (χ0) is 23.9. The van der Waals surface area contributed by atoms with Crippen molar-refractivity contribution in [2.75, 3.05) is 48.8 Å². The maximum absolute atomic E-state index is 13.4. The van der Waals surface area contributed by atoms with Gasteiger partial charge in [-0.25, -0.2) is 14.4 Å². The van der Waals surface area contributed by atoms with Crippen LogP contribution in [0.2, 0.25) is 5.02 Å². The number of carbonyl (C=O) groups is 1. The van der Waals surface area contributed by atoms with E-state index in [-0.39, 0.29) is 10.9 Å². The van der Waals surface area contributed by atoms with Crippen LogP contribution in [0.3, 0.4) is 0 Å². The molecule has 0 atom stereocenters. The number of ether oxygens (including phenoxy) is 1. The lowest BCUT2D eigenvalue weighted by Crippen LogP contribution is -2.38. The number of carbonyl (C=O) groups excluding carboxylic acids is 1. The molecule has 2 aromatic carbocycles. The van der Waals surface area contributed by atoms with Gasteiger partial charge in [-0.15, -0.1) is 0 Å². The van der Waals surface area contributed by atoms with Gasteiger partial charge in [-0.3, -0.25) is 9.69 Å². The van der Waals surface area contributed by atoms with Crippen LogP contribution in [0.1, 0.15) is 0 Å². The normalized spacial score (nSPS) is 13.8. The summed E-state index contributed by atoms with van der Waals surface area (Å²) in [5.74, 6) is 0.319. The van der Waals surface area contributed by atoms with E-state index >= 15 is 0 Å². The molecule has 34 heavy (non-hydrogen) atoms. The number of aromatic nitrogens is 2. The SMILES string of the molecule is C=C(CN1CCOCC1)C(=O)Nc1cccc(Nc2cc(Nc3ccc(F)c(Cl)c3)ncn2)c1. The standard InChI is InChI=1S/C24H24ClFN6O2/c1-16(14-32-7-9-34-10-8-32)24(33)31-18-4-2-3-17(11-18)29-22-13-23(28-15-27-22)30-19-5-6-21(26)20(25)12-19/h2-6,11-13,15H,1,7-10,14H2,(H,31,33)(H2,27,28,29,30). The van der Waals surface area contributed by atoms with Crippen LogP contribution in [0.4, 0.5) is 33.1 Å². The summed E-state index contributed by atoms with van der Waals surface area (Å²) in [6, 6.07) is 13.3. The van der Waals surface area contributed by atoms with Crippen molar-refractivity contribution >= 4 is 46.2 Å². The van der Waals surface area contributed by atoms with Crippen molar-refractivity contribution in [1.82, 2.24) is 14.9 Å². The van der Waals surface area contributed by atoms with Crippen LogP contribution in [-0.4, -0.2) is 53.6 Å². The Morgan fingerprint density at radius 3 is 2.41 bits per heavy atom. The second-order valence-electron chi connectivity index (χ2n) is 7.69. The Bertz CT molecular complexity index is 1190. The van der Waals surface area contributed by atoms with Gasteiger partial charge in [0.05, 0.1) is 18.2 Å². The van der Waals surface area contributed by atoms with Gasteiger partial charge >= 0.3 is 0 Å². The van der Waals surface area contributed by atoms with E-state index in [1.54, 1.807) is 24.3 Å². The maximum atomic E-state index is 13.4. The highest BCUT2D eigenvalue weighted by Gasteiger charge is 2.15. The summed E-state index contributed by atoms with van der Waals surface area (Å²) in [4.78, 5) is 23.1. The smallest absolute Gasteiger partial charge is 0.252 e. The number of amides is 1. The van der Waals surface area contributed by atoms with E-state index in [4.69, 9.17) is 16.3 Å². The van der Waals surface area contributed by atoms with Crippen molar-refractivity contribution in [2.24, 2.45) is 0 Å². The molecule has 4 rings (SSSR count). The van der Waals surface area contributed by atoms with Crippen molar-refractivity contribution in [3.05, 3.63) is 77.9 Å². The fraction of sp³-hybridized carbons (Fsp3) is 0.208. The fourth-order valence-corrected chi connectivity index (χ4v) is 3.54. The van der Waals surface area contributed by atoms with E-state index in [1.807, 2.05) is 12.1 Å². The molecule has 1 aliphatic rings. The Kier molecular flexibility index (Phi) is 7.69. The topological polar surface area (TPSA) is 91.4 Å². The summed E-state index contributed by atoms with van der Waals surface area (Å²) in [5, 5.41) is 9.15. The van der Waals surface area contributed by atoms with Gasteiger partial charge in [0.1, 0.15) is 23.8 Å². The minimum Gasteiger partial charge on any atom is -0.379 e. The average Bonchev–Trinajstić information content (AvgIpc) is 2.82. The minimum atomic E-state index is -0.492. The Labute approximate surface area is 201 Å². The number of nitrogens with one attached hydrogen (secondary N) is 3. The lowest BCUT2D eigenvalue weighted by molar-refractivity contribution is -0.113. The van der Waals surface area contributed by atoms with Crippen LogP contribution in [0.15, 0.2) is 67.0 Å². The maximum Gasteiger partial charge on any atom is 0.252 e. The lowest BCUT2D eigenvalue weighted by atomic mass is 10.2. The Balaban J connectivity index is 1.37. The van der Waals surface area contributed by atoms with Crippen LogP contribution < -0.4 is 16.0 Å². The van der Waals surface area contributed by atoms with Crippen molar-refractivity contribution in [2.45, 2.75) is 0 Å². The Morgan fingerprint density at radius 2 is 1.71 bits per heavy atom. The van der Waals surface area contributed by atoms with Gasteiger partial charge < -0.3 is 20.7 Å². The summed E-state index contributed by atoms with van der Waals surface area (Å²) >= 11 is 5.83. The average molecular weight is 483 g/mol. The molecule has 0 unspecified atom stereocenters. The van der Waals surface area contributed by atoms with E-state index in [9.17, 15) is 9.18 Å². The van der Waals surface area contributed by atoms with Crippen LogP contribution in [0, 0.1) is 5.82 Å². The van der Waals surface area contributed by atoms with Gasteiger partial charge in [0.2, 0.25) is 0 Å². The van der Waals surface area contributed by atoms with Crippen molar-refractivity contribution in [3.8, 4) is 0 Å². The first-order chi connectivity index (χ1) is 16.5. The predicted octanol–water partition coefficient (Wildman–Crippen LogP) is 4.58. The van der Waals surface area contributed by atoms with Crippen LogP contribution in [-0.2, 0) is 9.53 Å². The molecular weight excluding hydrogens is 459 g/mol. The first kappa shape index (κ1) is 23.6. The number of benzene rings is 2. The molecule has 0 bridgehead atoms. The number of morpholine rings is 1. The number of halogens is 2. The van der Waals surface area contributed by atoms with Gasteiger partial charge in [0, 0.05) is 48.3 Å². The second-order valence-corrected chi connectivity index (χ2v) is 8.10. The molecule has 0 radical (unpaired) electrons. The molecule has 1 aromatic heterocycles. The van der Waals surface area contributed by atoms with Crippen molar-refractivity contribution < 1.29 is 13.9 Å². The first-order valence-corrected chi connectivity index (χ1v) is 11.0. The highest BCUT2D eigenvalue weighted by molar-refractivity contribution is 6.31. The molecule has 10 heteroatoms. The predicted molar refractivity (Wildman–Crippen MR) is 131 cm³/mol. The Morgan fingerprint density at radius 1 is 1.03 bits per heavy atom. The van der Waals surface area contributed by atoms with E-state index in [1.165, 1.54) is 18.5 Å². The number of nitrogens with zero attached hydrogens (tertiary/aromatic N) is 3. The molecule has 0 aliphatic carbocycles. The molecule has 0 saturated carbocycles. The third-order valence-corrected chi connectivity index (χ3v) is 5.38. The summed E-state index contributed by atoms with van der Waals surface area (Å²) in [6.45, 7) is 7.34.